The van der Waals surface area contributed by atoms with Crippen LogP contribution in [-0.4, -0.2) is 11.1 Å². The molecule has 0 atom stereocenters. The van der Waals surface area contributed by atoms with Crippen molar-refractivity contribution >= 4 is 0 Å². The molecule has 0 aliphatic rings. The summed E-state index contributed by atoms with van der Waals surface area (Å²) in [5.74, 6) is 0. The number of rotatable bonds is 5. The van der Waals surface area contributed by atoms with Gasteiger partial charge in [-0.25, -0.2) is 0 Å². The van der Waals surface area contributed by atoms with Gasteiger partial charge in [0.2, 0.25) is 0 Å². The summed E-state index contributed by atoms with van der Waals surface area (Å²) in [5, 5.41) is 12.3. The van der Waals surface area contributed by atoms with Crippen molar-refractivity contribution in [2.24, 2.45) is 7.05 Å². The van der Waals surface area contributed by atoms with E-state index in [1.165, 1.54) is 5.56 Å². The molecule has 0 amide bonds. The van der Waals surface area contributed by atoms with Gasteiger partial charge in [0.05, 0.1) is 0 Å². The highest BCUT2D eigenvalue weighted by atomic mass is 15.0. The van der Waals surface area contributed by atoms with Gasteiger partial charge in [-0.3, -0.25) is 0 Å². The average Bonchev–Trinajstić information content (AvgIpc) is 2.56. The minimum absolute atomic E-state index is 0.725. The van der Waals surface area contributed by atoms with Crippen LogP contribution in [0, 0.1) is 18.3 Å². The SMILES string of the molecule is C/C=C/CCNCc1cc(C#N)n(C)c1C. The molecule has 0 radical (unpaired) electrons. The molecule has 16 heavy (non-hydrogen) atoms. The fraction of sp³-hybridized carbons (Fsp3) is 0.462. The minimum Gasteiger partial charge on any atom is -0.340 e. The van der Waals surface area contributed by atoms with E-state index in [0.29, 0.717) is 0 Å². The fourth-order valence-electron chi connectivity index (χ4n) is 1.62. The highest BCUT2D eigenvalue weighted by molar-refractivity contribution is 5.33. The highest BCUT2D eigenvalue weighted by Gasteiger charge is 2.07. The molecule has 1 N–H and O–H groups in total. The van der Waals surface area contributed by atoms with Crippen molar-refractivity contribution < 1.29 is 0 Å². The van der Waals surface area contributed by atoms with Crippen molar-refractivity contribution in [2.45, 2.75) is 26.8 Å². The van der Waals surface area contributed by atoms with Gasteiger partial charge >= 0.3 is 0 Å². The van der Waals surface area contributed by atoms with Crippen molar-refractivity contribution in [1.29, 1.82) is 5.26 Å². The first-order valence-corrected chi connectivity index (χ1v) is 5.57. The number of hydrogen-bond acceptors (Lipinski definition) is 2. The molecule has 0 bridgehead atoms. The number of hydrogen-bond donors (Lipinski definition) is 1. The van der Waals surface area contributed by atoms with Gasteiger partial charge < -0.3 is 9.88 Å². The van der Waals surface area contributed by atoms with Crippen molar-refractivity contribution in [1.82, 2.24) is 9.88 Å². The number of nitrogens with one attached hydrogen (secondary N) is 1. The van der Waals surface area contributed by atoms with Crippen molar-refractivity contribution in [2.75, 3.05) is 6.54 Å². The maximum Gasteiger partial charge on any atom is 0.120 e. The molecule has 1 heterocycles. The molecule has 1 rings (SSSR count). The Morgan fingerprint density at radius 1 is 1.56 bits per heavy atom. The van der Waals surface area contributed by atoms with Crippen LogP contribution in [-0.2, 0) is 13.6 Å². The average molecular weight is 217 g/mol. The summed E-state index contributed by atoms with van der Waals surface area (Å²) in [6, 6.07) is 4.15. The van der Waals surface area contributed by atoms with Crippen molar-refractivity contribution in [3.05, 3.63) is 35.2 Å². The van der Waals surface area contributed by atoms with Crippen LogP contribution < -0.4 is 5.32 Å². The van der Waals surface area contributed by atoms with Crippen LogP contribution in [0.2, 0.25) is 0 Å². The van der Waals surface area contributed by atoms with Gasteiger partial charge in [-0.05, 0) is 38.4 Å². The van der Waals surface area contributed by atoms with Crippen LogP contribution in [0.1, 0.15) is 30.3 Å². The van der Waals surface area contributed by atoms with Crippen LogP contribution in [0.25, 0.3) is 0 Å². The third-order valence-electron chi connectivity index (χ3n) is 2.79. The quantitative estimate of drug-likeness (QED) is 0.607. The molecule has 1 aromatic heterocycles. The topological polar surface area (TPSA) is 40.8 Å². The number of nitriles is 1. The largest absolute Gasteiger partial charge is 0.340 e. The molecule has 3 heteroatoms. The van der Waals surface area contributed by atoms with E-state index in [0.717, 1.165) is 30.9 Å². The van der Waals surface area contributed by atoms with Gasteiger partial charge in [-0.15, -0.1) is 0 Å². The van der Waals surface area contributed by atoms with E-state index in [-0.39, 0.29) is 0 Å². The first kappa shape index (κ1) is 12.5. The molecule has 86 valence electrons. The molecule has 1 aromatic rings. The predicted octanol–water partition coefficient (Wildman–Crippen LogP) is 2.26. The Morgan fingerprint density at radius 2 is 2.31 bits per heavy atom. The van der Waals surface area contributed by atoms with E-state index >= 15 is 0 Å². The summed E-state index contributed by atoms with van der Waals surface area (Å²) in [6.07, 6.45) is 5.25. The van der Waals surface area contributed by atoms with Crippen molar-refractivity contribution in [3.8, 4) is 6.07 Å². The second kappa shape index (κ2) is 6.14. The first-order chi connectivity index (χ1) is 7.70. The number of allylic oxidation sites excluding steroid dienone is 1. The monoisotopic (exact) mass is 217 g/mol. The van der Waals surface area contributed by atoms with Crippen LogP contribution in [0.3, 0.4) is 0 Å². The lowest BCUT2D eigenvalue weighted by atomic mass is 10.2. The highest BCUT2D eigenvalue weighted by Crippen LogP contribution is 2.12. The molecule has 0 aliphatic carbocycles. The molecule has 3 nitrogen and oxygen atoms in total. The fourth-order valence-corrected chi connectivity index (χ4v) is 1.62. The van der Waals surface area contributed by atoms with Gasteiger partial charge in [-0.2, -0.15) is 5.26 Å². The van der Waals surface area contributed by atoms with E-state index in [1.807, 2.05) is 31.5 Å². The Balaban J connectivity index is 2.52. The normalized spacial score (nSPS) is 10.9. The Morgan fingerprint density at radius 3 is 2.88 bits per heavy atom. The second-order valence-electron chi connectivity index (χ2n) is 3.85. The van der Waals surface area contributed by atoms with Crippen LogP contribution in [0.5, 0.6) is 0 Å². The van der Waals surface area contributed by atoms with Gasteiger partial charge in [-0.1, -0.05) is 12.2 Å². The van der Waals surface area contributed by atoms with Gasteiger partial charge in [0, 0.05) is 19.3 Å². The number of nitrogens with zero attached hydrogens (tertiary/aromatic N) is 2. The van der Waals surface area contributed by atoms with Crippen LogP contribution in [0.4, 0.5) is 0 Å². The molecular weight excluding hydrogens is 198 g/mol. The van der Waals surface area contributed by atoms with Gasteiger partial charge in [0.1, 0.15) is 11.8 Å². The van der Waals surface area contributed by atoms with Gasteiger partial charge in [0.15, 0.2) is 0 Å². The summed E-state index contributed by atoms with van der Waals surface area (Å²) >= 11 is 0. The molecular formula is C13H19N3. The zero-order chi connectivity index (χ0) is 12.0. The summed E-state index contributed by atoms with van der Waals surface area (Å²) in [6.45, 7) is 5.88. The summed E-state index contributed by atoms with van der Waals surface area (Å²) in [7, 11) is 1.93. The van der Waals surface area contributed by atoms with E-state index in [1.54, 1.807) is 0 Å². The predicted molar refractivity (Wildman–Crippen MR) is 66.0 cm³/mol. The van der Waals surface area contributed by atoms with Crippen LogP contribution in [0.15, 0.2) is 18.2 Å². The third kappa shape index (κ3) is 2.98. The van der Waals surface area contributed by atoms with Crippen LogP contribution >= 0.6 is 0 Å². The Labute approximate surface area is 97.4 Å². The molecule has 0 saturated carbocycles. The van der Waals surface area contributed by atoms with E-state index in [9.17, 15) is 0 Å². The Bertz CT molecular complexity index is 408. The maximum atomic E-state index is 8.90. The lowest BCUT2D eigenvalue weighted by Gasteiger charge is -2.03. The number of aromatic nitrogens is 1. The van der Waals surface area contributed by atoms with E-state index in [4.69, 9.17) is 5.26 Å². The smallest absolute Gasteiger partial charge is 0.120 e. The third-order valence-corrected chi connectivity index (χ3v) is 2.79. The van der Waals surface area contributed by atoms with E-state index < -0.39 is 0 Å². The summed E-state index contributed by atoms with van der Waals surface area (Å²) in [5.41, 5.74) is 3.09. The van der Waals surface area contributed by atoms with E-state index in [2.05, 4.69) is 23.5 Å². The Kier molecular flexibility index (Phi) is 4.81. The minimum atomic E-state index is 0.725. The summed E-state index contributed by atoms with van der Waals surface area (Å²) in [4.78, 5) is 0. The molecule has 0 spiro atoms. The van der Waals surface area contributed by atoms with Crippen molar-refractivity contribution in [3.63, 3.8) is 0 Å². The van der Waals surface area contributed by atoms with Gasteiger partial charge in [0.25, 0.3) is 0 Å². The zero-order valence-corrected chi connectivity index (χ0v) is 10.2. The molecule has 0 unspecified atom stereocenters. The first-order valence-electron chi connectivity index (χ1n) is 5.57. The maximum absolute atomic E-state index is 8.90. The molecule has 0 fully saturated rings. The lowest BCUT2D eigenvalue weighted by molar-refractivity contribution is 0.689. The molecule has 0 aromatic carbocycles. The lowest BCUT2D eigenvalue weighted by Crippen LogP contribution is -2.14. The molecule has 0 saturated heterocycles. The standard InChI is InChI=1S/C13H19N3/c1-4-5-6-7-15-10-12-8-13(9-14)16(3)11(12)2/h4-5,8,15H,6-7,10H2,1-3H3/b5-4+. The zero-order valence-electron chi connectivity index (χ0n) is 10.2. The molecule has 0 aliphatic heterocycles. The Hall–Kier alpha value is -1.53. The summed E-state index contributed by atoms with van der Waals surface area (Å²) < 4.78 is 1.93. The second-order valence-corrected chi connectivity index (χ2v) is 3.85.